The van der Waals surface area contributed by atoms with Crippen molar-refractivity contribution in [3.05, 3.63) is 47.0 Å². The van der Waals surface area contributed by atoms with E-state index in [1.165, 1.54) is 12.8 Å². The lowest BCUT2D eigenvalue weighted by Crippen LogP contribution is -2.19. The van der Waals surface area contributed by atoms with Crippen LogP contribution in [0.3, 0.4) is 0 Å². The van der Waals surface area contributed by atoms with Crippen LogP contribution in [0, 0.1) is 0 Å². The molecule has 1 saturated heterocycles. The van der Waals surface area contributed by atoms with Crippen LogP contribution in [-0.2, 0) is 6.42 Å². The average molecular weight is 395 g/mol. The second-order valence-electron chi connectivity index (χ2n) is 6.80. The Bertz CT molecular complexity index is 932. The molecule has 1 fully saturated rings. The number of hydrogen-bond acceptors (Lipinski definition) is 7. The minimum absolute atomic E-state index is 0.166. The molecule has 0 atom stereocenters. The van der Waals surface area contributed by atoms with E-state index in [0.717, 1.165) is 65.9 Å². The van der Waals surface area contributed by atoms with Crippen molar-refractivity contribution in [2.45, 2.75) is 32.6 Å². The van der Waals surface area contributed by atoms with Gasteiger partial charge in [-0.2, -0.15) is 0 Å². The largest absolute Gasteiger partial charge is 0.355 e. The molecule has 1 aliphatic heterocycles. The number of aryl methyl sites for hydroxylation is 1. The van der Waals surface area contributed by atoms with Gasteiger partial charge in [0.1, 0.15) is 4.88 Å². The molecule has 0 bridgehead atoms. The average Bonchev–Trinajstić information content (AvgIpc) is 3.41. The van der Waals surface area contributed by atoms with E-state index < -0.39 is 0 Å². The highest BCUT2D eigenvalue weighted by Gasteiger charge is 2.16. The number of amides is 1. The molecule has 1 amide bonds. The third-order valence-corrected chi connectivity index (χ3v) is 5.53. The van der Waals surface area contributed by atoms with Crippen molar-refractivity contribution in [1.29, 1.82) is 0 Å². The van der Waals surface area contributed by atoms with Crippen molar-refractivity contribution in [2.75, 3.05) is 23.3 Å². The van der Waals surface area contributed by atoms with Crippen molar-refractivity contribution >= 4 is 28.9 Å². The van der Waals surface area contributed by atoms with E-state index in [1.807, 2.05) is 36.4 Å². The first-order chi connectivity index (χ1) is 13.7. The Kier molecular flexibility index (Phi) is 5.57. The lowest BCUT2D eigenvalue weighted by Gasteiger charge is -2.15. The molecule has 2 aromatic heterocycles. The van der Waals surface area contributed by atoms with Gasteiger partial charge >= 0.3 is 0 Å². The van der Waals surface area contributed by atoms with Crippen molar-refractivity contribution < 1.29 is 4.79 Å². The molecule has 3 aromatic rings. The lowest BCUT2D eigenvalue weighted by atomic mass is 10.1. The molecule has 3 heterocycles. The number of hydrogen-bond donors (Lipinski definition) is 1. The van der Waals surface area contributed by atoms with Gasteiger partial charge in [-0.05, 0) is 55.1 Å². The third-order valence-electron chi connectivity index (χ3n) is 4.77. The first kappa shape index (κ1) is 18.5. The molecule has 1 N–H and O–H groups in total. The first-order valence-corrected chi connectivity index (χ1v) is 10.3. The summed E-state index contributed by atoms with van der Waals surface area (Å²) in [6, 6.07) is 11.6. The van der Waals surface area contributed by atoms with Gasteiger partial charge in [0, 0.05) is 24.3 Å². The quantitative estimate of drug-likeness (QED) is 0.685. The highest BCUT2D eigenvalue weighted by atomic mass is 32.1. The molecule has 0 spiro atoms. The Hall–Kier alpha value is -2.87. The number of benzene rings is 1. The Labute approximate surface area is 168 Å². The molecule has 8 heteroatoms. The number of nitrogens with zero attached hydrogens (tertiary/aromatic N) is 5. The molecule has 7 nitrogen and oxygen atoms in total. The van der Waals surface area contributed by atoms with E-state index in [9.17, 15) is 4.79 Å². The SMILES string of the molecule is CCCc1nnsc1C(=O)Nc1ccc(-c2ccc(N3CCCC3)nn2)cc1. The number of aromatic nitrogens is 4. The van der Waals surface area contributed by atoms with Crippen LogP contribution < -0.4 is 10.2 Å². The maximum atomic E-state index is 12.5. The van der Waals surface area contributed by atoms with Gasteiger partial charge in [0.15, 0.2) is 5.82 Å². The molecule has 144 valence electrons. The summed E-state index contributed by atoms with van der Waals surface area (Å²) >= 11 is 1.13. The fourth-order valence-corrected chi connectivity index (χ4v) is 3.89. The maximum Gasteiger partial charge on any atom is 0.269 e. The van der Waals surface area contributed by atoms with Crippen LogP contribution in [0.1, 0.15) is 41.6 Å². The van der Waals surface area contributed by atoms with Gasteiger partial charge in [-0.15, -0.1) is 15.3 Å². The predicted molar refractivity (Wildman–Crippen MR) is 111 cm³/mol. The van der Waals surface area contributed by atoms with Crippen LogP contribution in [0.4, 0.5) is 11.5 Å². The molecule has 0 unspecified atom stereocenters. The highest BCUT2D eigenvalue weighted by molar-refractivity contribution is 7.08. The smallest absolute Gasteiger partial charge is 0.269 e. The molecule has 0 saturated carbocycles. The van der Waals surface area contributed by atoms with E-state index in [2.05, 4.69) is 36.9 Å². The lowest BCUT2D eigenvalue weighted by molar-refractivity contribution is 0.102. The van der Waals surface area contributed by atoms with Gasteiger partial charge in [0.2, 0.25) is 0 Å². The van der Waals surface area contributed by atoms with Gasteiger partial charge in [-0.1, -0.05) is 30.0 Å². The fraction of sp³-hybridized carbons (Fsp3) is 0.350. The number of nitrogens with one attached hydrogen (secondary N) is 1. The Morgan fingerprint density at radius 2 is 1.86 bits per heavy atom. The third kappa shape index (κ3) is 4.01. The normalized spacial score (nSPS) is 13.7. The fourth-order valence-electron chi connectivity index (χ4n) is 3.29. The van der Waals surface area contributed by atoms with Crippen molar-refractivity contribution in [1.82, 2.24) is 19.8 Å². The first-order valence-electron chi connectivity index (χ1n) is 9.56. The molecule has 1 aliphatic rings. The molecular weight excluding hydrogens is 372 g/mol. The van der Waals surface area contributed by atoms with Gasteiger partial charge < -0.3 is 10.2 Å². The van der Waals surface area contributed by atoms with Gasteiger partial charge in [0.05, 0.1) is 11.4 Å². The predicted octanol–water partition coefficient (Wildman–Crippen LogP) is 3.80. The summed E-state index contributed by atoms with van der Waals surface area (Å²) in [5.41, 5.74) is 3.27. The summed E-state index contributed by atoms with van der Waals surface area (Å²) in [6.07, 6.45) is 4.12. The van der Waals surface area contributed by atoms with E-state index >= 15 is 0 Å². The topological polar surface area (TPSA) is 83.9 Å². The van der Waals surface area contributed by atoms with Crippen LogP contribution in [0.2, 0.25) is 0 Å². The molecular formula is C20H22N6OS. The van der Waals surface area contributed by atoms with Crippen LogP contribution in [-0.4, -0.2) is 38.8 Å². The molecule has 4 rings (SSSR count). The van der Waals surface area contributed by atoms with Gasteiger partial charge in [0.25, 0.3) is 5.91 Å². The van der Waals surface area contributed by atoms with E-state index in [4.69, 9.17) is 0 Å². The molecule has 28 heavy (non-hydrogen) atoms. The maximum absolute atomic E-state index is 12.5. The molecule has 0 aliphatic carbocycles. The van der Waals surface area contributed by atoms with Crippen LogP contribution in [0.15, 0.2) is 36.4 Å². The van der Waals surface area contributed by atoms with Crippen molar-refractivity contribution in [2.24, 2.45) is 0 Å². The molecule has 0 radical (unpaired) electrons. The zero-order valence-corrected chi connectivity index (χ0v) is 16.6. The number of anilines is 2. The summed E-state index contributed by atoms with van der Waals surface area (Å²) in [7, 11) is 0. The second kappa shape index (κ2) is 8.43. The number of rotatable bonds is 6. The second-order valence-corrected chi connectivity index (χ2v) is 7.56. The zero-order chi connectivity index (χ0) is 19.3. The van der Waals surface area contributed by atoms with Crippen molar-refractivity contribution in [3.63, 3.8) is 0 Å². The monoisotopic (exact) mass is 394 g/mol. The van der Waals surface area contributed by atoms with E-state index in [0.29, 0.717) is 4.88 Å². The molecule has 1 aromatic carbocycles. The Morgan fingerprint density at radius 3 is 2.54 bits per heavy atom. The number of carbonyl (C=O) groups is 1. The summed E-state index contributed by atoms with van der Waals surface area (Å²) < 4.78 is 3.90. The summed E-state index contributed by atoms with van der Waals surface area (Å²) in [4.78, 5) is 15.3. The van der Waals surface area contributed by atoms with Crippen LogP contribution in [0.5, 0.6) is 0 Å². The van der Waals surface area contributed by atoms with E-state index in [1.54, 1.807) is 0 Å². The highest BCUT2D eigenvalue weighted by Crippen LogP contribution is 2.23. The van der Waals surface area contributed by atoms with E-state index in [-0.39, 0.29) is 5.91 Å². The Balaban J connectivity index is 1.43. The standard InChI is InChI=1S/C20H22N6OS/c1-2-5-17-19(28-25-23-17)20(27)21-15-8-6-14(7-9-15)16-10-11-18(24-22-16)26-12-3-4-13-26/h6-11H,2-5,12-13H2,1H3,(H,21,27). The minimum atomic E-state index is -0.166. The van der Waals surface area contributed by atoms with Gasteiger partial charge in [-0.25, -0.2) is 0 Å². The van der Waals surface area contributed by atoms with Gasteiger partial charge in [-0.3, -0.25) is 4.79 Å². The number of carbonyl (C=O) groups excluding carboxylic acids is 1. The summed E-state index contributed by atoms with van der Waals surface area (Å²) in [5.74, 6) is 0.771. The summed E-state index contributed by atoms with van der Waals surface area (Å²) in [6.45, 7) is 4.16. The Morgan fingerprint density at radius 1 is 1.07 bits per heavy atom. The summed E-state index contributed by atoms with van der Waals surface area (Å²) in [5, 5.41) is 15.7. The van der Waals surface area contributed by atoms with Crippen LogP contribution in [0.25, 0.3) is 11.3 Å². The zero-order valence-electron chi connectivity index (χ0n) is 15.8. The minimum Gasteiger partial charge on any atom is -0.355 e. The van der Waals surface area contributed by atoms with Crippen LogP contribution >= 0.6 is 11.5 Å². The van der Waals surface area contributed by atoms with Crippen molar-refractivity contribution in [3.8, 4) is 11.3 Å².